The average Bonchev–Trinajstić information content (AvgIpc) is 2.82. The van der Waals surface area contributed by atoms with Crippen LogP contribution in [0.4, 0.5) is 0 Å². The SMILES string of the molecule is C[C@]12CC[C@H](O)C3=C1CC[C@@H]1C2CC[C@]2(C)C(CC[C@H]12)C3. The monoisotopic (exact) mass is 286 g/mol. The molecule has 8 bridgehead atoms. The maximum atomic E-state index is 10.7. The van der Waals surface area contributed by atoms with Crippen LogP contribution in [0.15, 0.2) is 11.1 Å². The van der Waals surface area contributed by atoms with Crippen LogP contribution in [0.1, 0.15) is 71.6 Å². The Morgan fingerprint density at radius 2 is 1.81 bits per heavy atom. The third-order valence-corrected chi connectivity index (χ3v) is 9.06. The first-order chi connectivity index (χ1) is 10.0. The molecular weight excluding hydrogens is 256 g/mol. The lowest BCUT2D eigenvalue weighted by Crippen LogP contribution is -2.49. The zero-order chi connectivity index (χ0) is 14.4. The van der Waals surface area contributed by atoms with Gasteiger partial charge in [-0.3, -0.25) is 0 Å². The lowest BCUT2D eigenvalue weighted by atomic mass is 9.47. The minimum atomic E-state index is -0.107. The number of rotatable bonds is 0. The molecular formula is C20H30O. The fourth-order valence-corrected chi connectivity index (χ4v) is 7.95. The molecule has 116 valence electrons. The predicted molar refractivity (Wildman–Crippen MR) is 84.8 cm³/mol. The van der Waals surface area contributed by atoms with Crippen LogP contribution in [0.3, 0.4) is 0 Å². The lowest BCUT2D eigenvalue weighted by molar-refractivity contribution is -0.0472. The van der Waals surface area contributed by atoms with E-state index in [1.54, 1.807) is 5.57 Å². The molecule has 2 unspecified atom stereocenters. The van der Waals surface area contributed by atoms with Gasteiger partial charge in [0.1, 0.15) is 0 Å². The van der Waals surface area contributed by atoms with Crippen LogP contribution < -0.4 is 0 Å². The number of hydrogen-bond acceptors (Lipinski definition) is 1. The summed E-state index contributed by atoms with van der Waals surface area (Å²) in [6.07, 6.45) is 12.0. The first-order valence-electron chi connectivity index (χ1n) is 9.44. The zero-order valence-electron chi connectivity index (χ0n) is 13.7. The van der Waals surface area contributed by atoms with E-state index in [-0.39, 0.29) is 6.10 Å². The summed E-state index contributed by atoms with van der Waals surface area (Å²) in [5.41, 5.74) is 4.30. The van der Waals surface area contributed by atoms with Crippen LogP contribution >= 0.6 is 0 Å². The van der Waals surface area contributed by atoms with Crippen molar-refractivity contribution in [3.63, 3.8) is 0 Å². The second kappa shape index (κ2) is 3.96. The molecule has 7 aliphatic carbocycles. The molecule has 7 aliphatic rings. The second-order valence-corrected chi connectivity index (χ2v) is 9.41. The molecule has 0 aromatic heterocycles. The highest BCUT2D eigenvalue weighted by atomic mass is 16.3. The number of fused-ring (bicyclic) bond motifs is 2. The van der Waals surface area contributed by atoms with Gasteiger partial charge in [-0.15, -0.1) is 0 Å². The van der Waals surface area contributed by atoms with E-state index in [1.165, 1.54) is 56.9 Å². The number of hydrogen-bond donors (Lipinski definition) is 1. The number of allylic oxidation sites excluding steroid dienone is 1. The van der Waals surface area contributed by atoms with E-state index >= 15 is 0 Å². The standard InChI is InChI=1S/C20H30O/c1-19-9-7-17-13-4-6-16-14(11-12(19)3-5-15(13)19)18(21)8-10-20(16,17)2/h12-13,15,17-18,21H,3-11H2,1-2H3/t12?,13-,15+,17?,18-,19+,20-/m0/s1. The first-order valence-corrected chi connectivity index (χ1v) is 9.44. The molecule has 0 aromatic rings. The molecule has 1 heteroatoms. The van der Waals surface area contributed by atoms with E-state index in [0.29, 0.717) is 10.8 Å². The Balaban J connectivity index is 1.75. The molecule has 0 saturated heterocycles. The highest BCUT2D eigenvalue weighted by Crippen LogP contribution is 2.70. The van der Waals surface area contributed by atoms with Crippen LogP contribution in [-0.2, 0) is 0 Å². The van der Waals surface area contributed by atoms with Gasteiger partial charge in [0, 0.05) is 0 Å². The van der Waals surface area contributed by atoms with E-state index in [1.807, 2.05) is 0 Å². The summed E-state index contributed by atoms with van der Waals surface area (Å²) in [6, 6.07) is 0. The van der Waals surface area contributed by atoms with Gasteiger partial charge in [-0.2, -0.15) is 0 Å². The largest absolute Gasteiger partial charge is 0.389 e. The first kappa shape index (κ1) is 13.2. The summed E-state index contributed by atoms with van der Waals surface area (Å²) in [5, 5.41) is 10.7. The summed E-state index contributed by atoms with van der Waals surface area (Å²) in [6.45, 7) is 5.20. The molecule has 0 spiro atoms. The van der Waals surface area contributed by atoms with Gasteiger partial charge in [-0.1, -0.05) is 19.4 Å². The van der Waals surface area contributed by atoms with Gasteiger partial charge >= 0.3 is 0 Å². The van der Waals surface area contributed by atoms with Crippen molar-refractivity contribution in [2.45, 2.75) is 77.7 Å². The highest BCUT2D eigenvalue weighted by molar-refractivity contribution is 5.34. The lowest BCUT2D eigenvalue weighted by Gasteiger charge is -2.57. The molecule has 0 radical (unpaired) electrons. The Kier molecular flexibility index (Phi) is 2.48. The molecule has 3 fully saturated rings. The van der Waals surface area contributed by atoms with Crippen LogP contribution in [0, 0.1) is 34.5 Å². The molecule has 0 heterocycles. The van der Waals surface area contributed by atoms with Crippen LogP contribution in [0.25, 0.3) is 0 Å². The number of aliphatic hydroxyl groups excluding tert-OH is 1. The topological polar surface area (TPSA) is 20.2 Å². The normalized spacial score (nSPS) is 58.1. The van der Waals surface area contributed by atoms with E-state index in [2.05, 4.69) is 13.8 Å². The molecule has 0 aromatic carbocycles. The van der Waals surface area contributed by atoms with Crippen molar-refractivity contribution in [2.75, 3.05) is 0 Å². The fourth-order valence-electron chi connectivity index (χ4n) is 7.95. The van der Waals surface area contributed by atoms with Crippen molar-refractivity contribution in [1.29, 1.82) is 0 Å². The minimum Gasteiger partial charge on any atom is -0.389 e. The predicted octanol–water partition coefficient (Wildman–Crippen LogP) is 4.70. The van der Waals surface area contributed by atoms with E-state index in [4.69, 9.17) is 0 Å². The Labute approximate surface area is 129 Å². The second-order valence-electron chi connectivity index (χ2n) is 9.41. The molecule has 21 heavy (non-hydrogen) atoms. The van der Waals surface area contributed by atoms with Crippen molar-refractivity contribution in [3.05, 3.63) is 11.1 Å². The minimum absolute atomic E-state index is 0.107. The molecule has 0 amide bonds. The maximum Gasteiger partial charge on any atom is 0.0753 e. The van der Waals surface area contributed by atoms with Crippen LogP contribution in [0.2, 0.25) is 0 Å². The van der Waals surface area contributed by atoms with Crippen molar-refractivity contribution in [1.82, 2.24) is 0 Å². The quantitative estimate of drug-likeness (QED) is 0.640. The molecule has 1 nitrogen and oxygen atoms in total. The Morgan fingerprint density at radius 3 is 2.67 bits per heavy atom. The van der Waals surface area contributed by atoms with E-state index in [9.17, 15) is 5.11 Å². The van der Waals surface area contributed by atoms with Gasteiger partial charge in [0.25, 0.3) is 0 Å². The Hall–Kier alpha value is -0.300. The third kappa shape index (κ3) is 1.43. The average molecular weight is 286 g/mol. The van der Waals surface area contributed by atoms with Crippen LogP contribution in [0.5, 0.6) is 0 Å². The van der Waals surface area contributed by atoms with Gasteiger partial charge in [-0.05, 0) is 97.9 Å². The highest BCUT2D eigenvalue weighted by Gasteiger charge is 2.61. The Bertz CT molecular complexity index is 520. The third-order valence-electron chi connectivity index (χ3n) is 9.06. The maximum absolute atomic E-state index is 10.7. The summed E-state index contributed by atoms with van der Waals surface area (Å²) >= 11 is 0. The Morgan fingerprint density at radius 1 is 0.952 bits per heavy atom. The summed E-state index contributed by atoms with van der Waals surface area (Å²) in [5.74, 6) is 3.79. The smallest absolute Gasteiger partial charge is 0.0753 e. The van der Waals surface area contributed by atoms with Gasteiger partial charge in [0.05, 0.1) is 6.10 Å². The molecule has 7 atom stereocenters. The molecule has 0 aliphatic heterocycles. The van der Waals surface area contributed by atoms with Crippen molar-refractivity contribution in [2.24, 2.45) is 34.5 Å². The zero-order valence-corrected chi connectivity index (χ0v) is 13.7. The molecule has 3 saturated carbocycles. The fraction of sp³-hybridized carbons (Fsp3) is 0.900. The van der Waals surface area contributed by atoms with Gasteiger partial charge in [0.2, 0.25) is 0 Å². The van der Waals surface area contributed by atoms with Gasteiger partial charge in [0.15, 0.2) is 0 Å². The summed E-state index contributed by atoms with van der Waals surface area (Å²) in [4.78, 5) is 0. The molecule has 7 rings (SSSR count). The van der Waals surface area contributed by atoms with Crippen molar-refractivity contribution in [3.8, 4) is 0 Å². The van der Waals surface area contributed by atoms with Gasteiger partial charge < -0.3 is 5.11 Å². The van der Waals surface area contributed by atoms with Gasteiger partial charge in [-0.25, -0.2) is 0 Å². The summed E-state index contributed by atoms with van der Waals surface area (Å²) in [7, 11) is 0. The summed E-state index contributed by atoms with van der Waals surface area (Å²) < 4.78 is 0. The van der Waals surface area contributed by atoms with Crippen molar-refractivity contribution < 1.29 is 5.11 Å². The van der Waals surface area contributed by atoms with Crippen molar-refractivity contribution >= 4 is 0 Å². The molecule has 1 N–H and O–H groups in total. The number of aliphatic hydroxyl groups is 1. The van der Waals surface area contributed by atoms with E-state index < -0.39 is 0 Å². The van der Waals surface area contributed by atoms with Crippen LogP contribution in [-0.4, -0.2) is 11.2 Å². The van der Waals surface area contributed by atoms with E-state index in [0.717, 1.165) is 30.1 Å².